The monoisotopic (exact) mass is 255 g/mol. The molecule has 92 valence electrons. The number of rotatable bonds is 3. The molecule has 1 saturated heterocycles. The number of aldehydes is 1. The first-order valence-corrected chi connectivity index (χ1v) is 6.40. The van der Waals surface area contributed by atoms with E-state index in [1.54, 1.807) is 0 Å². The summed E-state index contributed by atoms with van der Waals surface area (Å²) >= 11 is 1.46. The van der Waals surface area contributed by atoms with Crippen LogP contribution in [0, 0.1) is 11.8 Å². The summed E-state index contributed by atoms with van der Waals surface area (Å²) < 4.78 is 0. The molecule has 0 saturated carbocycles. The number of carbonyl (C=O) groups is 3. The van der Waals surface area contributed by atoms with Crippen molar-refractivity contribution in [1.29, 1.82) is 0 Å². The Hall–Kier alpha value is -1.30. The van der Waals surface area contributed by atoms with Crippen molar-refractivity contribution in [2.24, 2.45) is 11.8 Å². The van der Waals surface area contributed by atoms with Crippen LogP contribution < -0.4 is 0 Å². The Kier molecular flexibility index (Phi) is 2.99. The van der Waals surface area contributed by atoms with E-state index in [9.17, 15) is 14.4 Å². The number of hydrogen-bond acceptors (Lipinski definition) is 4. The number of carboxylic acids is 1. The Bertz CT molecular complexity index is 429. The number of fused-ring (bicyclic) bond motifs is 1. The van der Waals surface area contributed by atoms with Gasteiger partial charge in [-0.15, -0.1) is 11.8 Å². The van der Waals surface area contributed by atoms with E-state index >= 15 is 0 Å². The Morgan fingerprint density at radius 3 is 2.71 bits per heavy atom. The van der Waals surface area contributed by atoms with Gasteiger partial charge in [-0.2, -0.15) is 0 Å². The molecule has 2 atom stereocenters. The summed E-state index contributed by atoms with van der Waals surface area (Å²) in [5, 5.41) is 8.96. The average Bonchev–Trinajstić information content (AvgIpc) is 2.26. The second-order valence-electron chi connectivity index (χ2n) is 4.48. The van der Waals surface area contributed by atoms with Gasteiger partial charge in [-0.25, -0.2) is 4.79 Å². The molecule has 2 aliphatic heterocycles. The number of carbonyl (C=O) groups excluding carboxylic acids is 2. The van der Waals surface area contributed by atoms with Gasteiger partial charge in [-0.05, 0) is 5.92 Å². The number of aliphatic carboxylic acids is 1. The van der Waals surface area contributed by atoms with Crippen molar-refractivity contribution in [3.8, 4) is 0 Å². The predicted molar refractivity (Wildman–Crippen MR) is 62.1 cm³/mol. The summed E-state index contributed by atoms with van der Waals surface area (Å²) in [6, 6.07) is 0. The maximum atomic E-state index is 11.9. The molecule has 0 aromatic carbocycles. The minimum atomic E-state index is -1.20. The second kappa shape index (κ2) is 4.18. The Morgan fingerprint density at radius 2 is 2.24 bits per heavy atom. The molecule has 6 heteroatoms. The Balaban J connectivity index is 2.36. The summed E-state index contributed by atoms with van der Waals surface area (Å²) in [6.45, 7) is 3.89. The van der Waals surface area contributed by atoms with Crippen LogP contribution in [-0.2, 0) is 14.4 Å². The molecule has 0 unspecified atom stereocenters. The number of amides is 1. The van der Waals surface area contributed by atoms with Gasteiger partial charge in [0.25, 0.3) is 0 Å². The lowest BCUT2D eigenvalue weighted by molar-refractivity contribution is -0.154. The number of nitrogens with zero attached hydrogens (tertiary/aromatic N) is 1. The largest absolute Gasteiger partial charge is 0.477 e. The van der Waals surface area contributed by atoms with Gasteiger partial charge in [0.1, 0.15) is 12.0 Å². The molecule has 1 N–H and O–H groups in total. The van der Waals surface area contributed by atoms with Gasteiger partial charge >= 0.3 is 5.97 Å². The maximum Gasteiger partial charge on any atom is 0.353 e. The molecule has 0 aromatic rings. The maximum absolute atomic E-state index is 11.9. The first-order valence-electron chi connectivity index (χ1n) is 5.35. The third-order valence-electron chi connectivity index (χ3n) is 3.10. The zero-order chi connectivity index (χ0) is 12.7. The molecule has 5 nitrogen and oxygen atoms in total. The molecule has 0 radical (unpaired) electrons. The van der Waals surface area contributed by atoms with Gasteiger partial charge in [0.2, 0.25) is 5.91 Å². The van der Waals surface area contributed by atoms with Gasteiger partial charge in [0.05, 0.1) is 11.3 Å². The number of thioether (sulfide) groups is 1. The molecule has 1 fully saturated rings. The first-order chi connectivity index (χ1) is 7.99. The molecule has 0 spiro atoms. The van der Waals surface area contributed by atoms with Gasteiger partial charge in [-0.3, -0.25) is 14.5 Å². The Morgan fingerprint density at radius 1 is 1.59 bits per heavy atom. The molecular weight excluding hydrogens is 242 g/mol. The smallest absolute Gasteiger partial charge is 0.353 e. The quantitative estimate of drug-likeness (QED) is 0.594. The Labute approximate surface area is 103 Å². The minimum Gasteiger partial charge on any atom is -0.477 e. The van der Waals surface area contributed by atoms with E-state index in [1.807, 2.05) is 13.8 Å². The summed E-state index contributed by atoms with van der Waals surface area (Å²) in [5.41, 5.74) is 0.0555. The van der Waals surface area contributed by atoms with E-state index in [1.165, 1.54) is 16.7 Å². The van der Waals surface area contributed by atoms with Crippen LogP contribution in [0.3, 0.4) is 0 Å². The number of carboxylic acid groups (broad SMARTS) is 1. The predicted octanol–water partition coefficient (Wildman–Crippen LogP) is 0.711. The third kappa shape index (κ3) is 1.67. The molecule has 2 aliphatic rings. The minimum absolute atomic E-state index is 0.128. The zero-order valence-electron chi connectivity index (χ0n) is 9.54. The van der Waals surface area contributed by atoms with Crippen LogP contribution in [0.5, 0.6) is 0 Å². The molecule has 17 heavy (non-hydrogen) atoms. The number of hydrogen-bond donors (Lipinski definition) is 1. The molecule has 2 heterocycles. The van der Waals surface area contributed by atoms with Crippen molar-refractivity contribution in [3.63, 3.8) is 0 Å². The lowest BCUT2D eigenvalue weighted by Crippen LogP contribution is -2.63. The van der Waals surface area contributed by atoms with Crippen LogP contribution in [-0.4, -0.2) is 39.3 Å². The van der Waals surface area contributed by atoms with E-state index in [0.29, 0.717) is 12.0 Å². The van der Waals surface area contributed by atoms with Crippen molar-refractivity contribution >= 4 is 29.9 Å². The lowest BCUT2D eigenvalue weighted by Gasteiger charge is -2.50. The highest BCUT2D eigenvalue weighted by Gasteiger charge is 2.54. The van der Waals surface area contributed by atoms with Gasteiger partial charge in [0, 0.05) is 11.3 Å². The molecule has 0 aromatic heterocycles. The van der Waals surface area contributed by atoms with E-state index in [-0.39, 0.29) is 34.4 Å². The fourth-order valence-electron chi connectivity index (χ4n) is 2.24. The van der Waals surface area contributed by atoms with Crippen LogP contribution in [0.4, 0.5) is 0 Å². The average molecular weight is 255 g/mol. The summed E-state index contributed by atoms with van der Waals surface area (Å²) in [4.78, 5) is 35.1. The lowest BCUT2D eigenvalue weighted by atomic mass is 9.85. The standard InChI is InChI=1S/C11H13NO4S/c1-5(2)7-9(14)12-8(11(15)16)6(3-13)4-17-10(7)12/h3,5,7,10H,4H2,1-2H3,(H,15,16)/t7-,10-/m1/s1. The highest BCUT2D eigenvalue weighted by Crippen LogP contribution is 2.46. The topological polar surface area (TPSA) is 74.7 Å². The fraction of sp³-hybridized carbons (Fsp3) is 0.545. The molecule has 0 aliphatic carbocycles. The van der Waals surface area contributed by atoms with Gasteiger partial charge in [0.15, 0.2) is 0 Å². The van der Waals surface area contributed by atoms with Crippen molar-refractivity contribution in [1.82, 2.24) is 4.90 Å². The summed E-state index contributed by atoms with van der Waals surface area (Å²) in [6.07, 6.45) is 0.530. The molecular formula is C11H13NO4S. The fourth-order valence-corrected chi connectivity index (χ4v) is 3.80. The summed E-state index contributed by atoms with van der Waals surface area (Å²) in [7, 11) is 0. The second-order valence-corrected chi connectivity index (χ2v) is 5.58. The van der Waals surface area contributed by atoms with E-state index in [4.69, 9.17) is 5.11 Å². The zero-order valence-corrected chi connectivity index (χ0v) is 10.4. The van der Waals surface area contributed by atoms with E-state index < -0.39 is 5.97 Å². The van der Waals surface area contributed by atoms with Crippen LogP contribution in [0.25, 0.3) is 0 Å². The SMILES string of the molecule is CC(C)[C@@H]1C(=O)N2C(C(=O)O)=C(C=O)CS[C@H]12. The first kappa shape index (κ1) is 12.2. The van der Waals surface area contributed by atoms with Crippen LogP contribution in [0.15, 0.2) is 11.3 Å². The summed E-state index contributed by atoms with van der Waals surface area (Å²) in [5.74, 6) is -0.975. The van der Waals surface area contributed by atoms with Crippen molar-refractivity contribution < 1.29 is 19.5 Å². The highest BCUT2D eigenvalue weighted by atomic mass is 32.2. The van der Waals surface area contributed by atoms with Crippen LogP contribution in [0.1, 0.15) is 13.8 Å². The van der Waals surface area contributed by atoms with Crippen LogP contribution >= 0.6 is 11.8 Å². The van der Waals surface area contributed by atoms with E-state index in [0.717, 1.165) is 0 Å². The molecule has 0 bridgehead atoms. The van der Waals surface area contributed by atoms with Crippen molar-refractivity contribution in [2.75, 3.05) is 5.75 Å². The van der Waals surface area contributed by atoms with Crippen molar-refractivity contribution in [2.45, 2.75) is 19.2 Å². The molecule has 1 amide bonds. The van der Waals surface area contributed by atoms with Crippen LogP contribution in [0.2, 0.25) is 0 Å². The van der Waals surface area contributed by atoms with Crippen molar-refractivity contribution in [3.05, 3.63) is 11.3 Å². The van der Waals surface area contributed by atoms with E-state index in [2.05, 4.69) is 0 Å². The third-order valence-corrected chi connectivity index (χ3v) is 4.43. The van der Waals surface area contributed by atoms with Gasteiger partial charge in [-0.1, -0.05) is 13.8 Å². The normalized spacial score (nSPS) is 27.9. The highest BCUT2D eigenvalue weighted by molar-refractivity contribution is 8.00. The number of β-lactam (4-membered cyclic amide) rings is 1. The van der Waals surface area contributed by atoms with Gasteiger partial charge < -0.3 is 5.11 Å². The molecule has 2 rings (SSSR count).